The number of benzene rings is 2. The highest BCUT2D eigenvalue weighted by atomic mass is 16.5. The van der Waals surface area contributed by atoms with Gasteiger partial charge in [-0.2, -0.15) is 0 Å². The molecular weight excluding hydrogens is 428 g/mol. The van der Waals surface area contributed by atoms with Gasteiger partial charge in [0.2, 0.25) is 0 Å². The van der Waals surface area contributed by atoms with Gasteiger partial charge < -0.3 is 24.9 Å². The highest BCUT2D eigenvalue weighted by molar-refractivity contribution is 5.96. The van der Waals surface area contributed by atoms with Gasteiger partial charge in [-0.05, 0) is 107 Å². The first-order chi connectivity index (χ1) is 16.6. The molecule has 1 aliphatic rings. The van der Waals surface area contributed by atoms with Crippen LogP contribution in [0.3, 0.4) is 0 Å². The maximum absolute atomic E-state index is 11.6. The monoisotopic (exact) mass is 470 g/mol. The van der Waals surface area contributed by atoms with E-state index in [2.05, 4.69) is 35.8 Å². The first kappa shape index (κ1) is 29.3. The largest absolute Gasteiger partial charge is 0.497 e. The molecule has 0 aliphatic carbocycles. The zero-order valence-corrected chi connectivity index (χ0v) is 21.3. The smallest absolute Gasteiger partial charge is 0.162 e. The van der Waals surface area contributed by atoms with Crippen molar-refractivity contribution < 1.29 is 19.1 Å². The lowest BCUT2D eigenvalue weighted by molar-refractivity contribution is -0.107. The van der Waals surface area contributed by atoms with Crippen LogP contribution < -0.4 is 15.2 Å². The normalized spacial score (nSPS) is 12.6. The summed E-state index contributed by atoms with van der Waals surface area (Å²) in [6.07, 6.45) is 7.55. The summed E-state index contributed by atoms with van der Waals surface area (Å²) in [6, 6.07) is 13.5. The number of ketones is 1. The molecule has 0 saturated carbocycles. The number of carbonyl (C=O) groups excluding carboxylic acids is 2. The molecule has 1 heterocycles. The number of hydrogen-bond donors (Lipinski definition) is 1. The second kappa shape index (κ2) is 17.7. The van der Waals surface area contributed by atoms with Crippen LogP contribution in [-0.4, -0.2) is 57.9 Å². The average molecular weight is 471 g/mol. The molecule has 6 heteroatoms. The van der Waals surface area contributed by atoms with E-state index < -0.39 is 0 Å². The molecule has 0 atom stereocenters. The van der Waals surface area contributed by atoms with E-state index in [4.69, 9.17) is 9.47 Å². The molecule has 0 aromatic heterocycles. The molecule has 0 amide bonds. The highest BCUT2D eigenvalue weighted by Gasteiger charge is 2.10. The molecule has 2 N–H and O–H groups in total. The number of ether oxygens (including phenoxy) is 2. The number of hydrogen-bond acceptors (Lipinski definition) is 6. The lowest BCUT2D eigenvalue weighted by Gasteiger charge is -2.14. The number of aryl methyl sites for hydroxylation is 2. The maximum Gasteiger partial charge on any atom is 0.162 e. The fourth-order valence-corrected chi connectivity index (χ4v) is 3.88. The molecule has 0 unspecified atom stereocenters. The van der Waals surface area contributed by atoms with Gasteiger partial charge in [-0.15, -0.1) is 0 Å². The van der Waals surface area contributed by atoms with Gasteiger partial charge in [0.15, 0.2) is 5.78 Å². The number of unbranched alkanes of at least 4 members (excludes halogenated alkanes) is 1. The lowest BCUT2D eigenvalue weighted by Crippen LogP contribution is -2.20. The molecule has 0 bridgehead atoms. The Morgan fingerprint density at radius 1 is 1.00 bits per heavy atom. The molecule has 1 aliphatic heterocycles. The summed E-state index contributed by atoms with van der Waals surface area (Å²) in [5.41, 5.74) is 7.84. The minimum absolute atomic E-state index is 0.0690. The van der Waals surface area contributed by atoms with Crippen molar-refractivity contribution in [3.8, 4) is 11.5 Å². The van der Waals surface area contributed by atoms with E-state index in [1.54, 1.807) is 38.5 Å². The van der Waals surface area contributed by atoms with Crippen LogP contribution in [0.25, 0.3) is 0 Å². The van der Waals surface area contributed by atoms with Gasteiger partial charge in [0.25, 0.3) is 0 Å². The van der Waals surface area contributed by atoms with E-state index in [1.165, 1.54) is 63.5 Å². The third-order valence-electron chi connectivity index (χ3n) is 5.74. The molecule has 0 radical (unpaired) electrons. The van der Waals surface area contributed by atoms with Crippen LogP contribution in [0.5, 0.6) is 11.5 Å². The standard InChI is InChI=1S/C15H23NO.C12H14O3.CH5N/c1-13-12-14(7-8-15(13)17-2)6-5-11-16-9-3-4-10-16;1-15-11-7-5-10(6-8-11)12(14)4-2-3-9-13;1-2/h7-8,12H,3-6,9-11H2,1-2H3;5-9H,2-4H2,1H3;2H2,1H3. The van der Waals surface area contributed by atoms with Crippen LogP contribution in [0.2, 0.25) is 0 Å². The summed E-state index contributed by atoms with van der Waals surface area (Å²) in [6.45, 7) is 5.98. The van der Waals surface area contributed by atoms with E-state index in [-0.39, 0.29) is 5.78 Å². The highest BCUT2D eigenvalue weighted by Crippen LogP contribution is 2.19. The number of carbonyl (C=O) groups is 2. The van der Waals surface area contributed by atoms with Crippen molar-refractivity contribution in [1.82, 2.24) is 4.90 Å². The Morgan fingerprint density at radius 3 is 2.24 bits per heavy atom. The number of aldehydes is 1. The Hall–Kier alpha value is -2.70. The molecule has 188 valence electrons. The Balaban J connectivity index is 0.000000320. The SMILES string of the molecule is CN.COc1ccc(C(=O)CCCC=O)cc1.COc1ccc(CCCN2CCCC2)cc1C. The first-order valence-corrected chi connectivity index (χ1v) is 12.1. The van der Waals surface area contributed by atoms with E-state index in [9.17, 15) is 9.59 Å². The Morgan fingerprint density at radius 2 is 1.68 bits per heavy atom. The van der Waals surface area contributed by atoms with Crippen molar-refractivity contribution in [2.75, 3.05) is 40.9 Å². The summed E-state index contributed by atoms with van der Waals surface area (Å²) < 4.78 is 10.3. The van der Waals surface area contributed by atoms with Crippen molar-refractivity contribution in [2.24, 2.45) is 5.73 Å². The predicted octanol–water partition coefficient (Wildman–Crippen LogP) is 4.85. The minimum Gasteiger partial charge on any atom is -0.497 e. The topological polar surface area (TPSA) is 81.9 Å². The number of nitrogens with two attached hydrogens (primary N) is 1. The minimum atomic E-state index is 0.0690. The Bertz CT molecular complexity index is 831. The van der Waals surface area contributed by atoms with Crippen molar-refractivity contribution >= 4 is 12.1 Å². The van der Waals surface area contributed by atoms with Gasteiger partial charge in [0.05, 0.1) is 14.2 Å². The molecule has 0 spiro atoms. The third-order valence-corrected chi connectivity index (χ3v) is 5.74. The number of methoxy groups -OCH3 is 2. The zero-order chi connectivity index (χ0) is 25.2. The van der Waals surface area contributed by atoms with Gasteiger partial charge >= 0.3 is 0 Å². The van der Waals surface area contributed by atoms with Crippen LogP contribution >= 0.6 is 0 Å². The zero-order valence-electron chi connectivity index (χ0n) is 21.3. The number of likely N-dealkylation sites (tertiary alicyclic amines) is 1. The molecule has 2 aromatic rings. The van der Waals surface area contributed by atoms with Crippen LogP contribution in [0.1, 0.15) is 60.0 Å². The van der Waals surface area contributed by atoms with Crippen molar-refractivity contribution in [1.29, 1.82) is 0 Å². The molecule has 34 heavy (non-hydrogen) atoms. The van der Waals surface area contributed by atoms with Gasteiger partial charge in [-0.25, -0.2) is 0 Å². The van der Waals surface area contributed by atoms with Crippen LogP contribution in [0.15, 0.2) is 42.5 Å². The van der Waals surface area contributed by atoms with Crippen LogP contribution in [0, 0.1) is 6.92 Å². The average Bonchev–Trinajstić information content (AvgIpc) is 3.39. The summed E-state index contributed by atoms with van der Waals surface area (Å²) in [5.74, 6) is 1.80. The van der Waals surface area contributed by atoms with Crippen molar-refractivity contribution in [3.05, 3.63) is 59.2 Å². The molecule has 3 rings (SSSR count). The number of rotatable bonds is 11. The Labute approximate surface area is 205 Å². The third kappa shape index (κ3) is 10.9. The fraction of sp³-hybridized carbons (Fsp3) is 0.500. The Kier molecular flexibility index (Phi) is 15.3. The summed E-state index contributed by atoms with van der Waals surface area (Å²) in [4.78, 5) is 24.2. The van der Waals surface area contributed by atoms with E-state index in [0.717, 1.165) is 17.8 Å². The summed E-state index contributed by atoms with van der Waals surface area (Å²) in [7, 11) is 4.82. The van der Waals surface area contributed by atoms with Crippen molar-refractivity contribution in [3.63, 3.8) is 0 Å². The predicted molar refractivity (Wildman–Crippen MR) is 139 cm³/mol. The van der Waals surface area contributed by atoms with E-state index in [0.29, 0.717) is 24.8 Å². The van der Waals surface area contributed by atoms with Gasteiger partial charge in [0, 0.05) is 18.4 Å². The molecule has 6 nitrogen and oxygen atoms in total. The van der Waals surface area contributed by atoms with Gasteiger partial charge in [0.1, 0.15) is 17.8 Å². The summed E-state index contributed by atoms with van der Waals surface area (Å²) in [5, 5.41) is 0. The van der Waals surface area contributed by atoms with Gasteiger partial charge in [-0.1, -0.05) is 12.1 Å². The quantitative estimate of drug-likeness (QED) is 0.287. The van der Waals surface area contributed by atoms with E-state index >= 15 is 0 Å². The molecule has 1 saturated heterocycles. The number of nitrogens with zero attached hydrogens (tertiary/aromatic N) is 1. The summed E-state index contributed by atoms with van der Waals surface area (Å²) >= 11 is 0. The number of Topliss-reactive ketones (excluding diaryl/α,β-unsaturated/α-hetero) is 1. The fourth-order valence-electron chi connectivity index (χ4n) is 3.88. The molecule has 1 fully saturated rings. The van der Waals surface area contributed by atoms with E-state index in [1.807, 2.05) is 0 Å². The molecule has 2 aromatic carbocycles. The second-order valence-corrected chi connectivity index (χ2v) is 8.17. The second-order valence-electron chi connectivity index (χ2n) is 8.17. The molecular formula is C28H42N2O4. The first-order valence-electron chi connectivity index (χ1n) is 12.1. The van der Waals surface area contributed by atoms with Crippen molar-refractivity contribution in [2.45, 2.75) is 51.9 Å². The maximum atomic E-state index is 11.6. The van der Waals surface area contributed by atoms with Crippen LogP contribution in [0.4, 0.5) is 0 Å². The van der Waals surface area contributed by atoms with Gasteiger partial charge in [-0.3, -0.25) is 4.79 Å². The van der Waals surface area contributed by atoms with Crippen LogP contribution in [-0.2, 0) is 11.2 Å². The lowest BCUT2D eigenvalue weighted by atomic mass is 10.1.